The number of alkyl halides is 3. The number of rotatable bonds is 2. The van der Waals surface area contributed by atoms with Crippen LogP contribution in [0.4, 0.5) is 13.2 Å². The normalized spacial score (nSPS) is 11.6. The predicted molar refractivity (Wildman–Crippen MR) is 71.0 cm³/mol. The zero-order chi connectivity index (χ0) is 14.0. The van der Waals surface area contributed by atoms with E-state index < -0.39 is 11.7 Å². The van der Waals surface area contributed by atoms with Crippen LogP contribution in [0.1, 0.15) is 23.6 Å². The Hall–Kier alpha value is -1.77. The maximum absolute atomic E-state index is 12.5. The van der Waals surface area contributed by atoms with Crippen LogP contribution in [0.3, 0.4) is 0 Å². The van der Waals surface area contributed by atoms with Crippen molar-refractivity contribution in [1.82, 2.24) is 0 Å². The fourth-order valence-electron chi connectivity index (χ4n) is 2.12. The van der Waals surface area contributed by atoms with Crippen LogP contribution < -0.4 is 0 Å². The van der Waals surface area contributed by atoms with Crippen molar-refractivity contribution in [1.29, 1.82) is 0 Å². The molecule has 0 aliphatic carbocycles. The lowest BCUT2D eigenvalue weighted by Gasteiger charge is -2.09. The van der Waals surface area contributed by atoms with Gasteiger partial charge in [-0.3, -0.25) is 0 Å². The second kappa shape index (κ2) is 5.08. The van der Waals surface area contributed by atoms with Gasteiger partial charge < -0.3 is 0 Å². The summed E-state index contributed by atoms with van der Waals surface area (Å²) in [6, 6.07) is 11.3. The molecule has 0 aromatic heterocycles. The van der Waals surface area contributed by atoms with Crippen LogP contribution in [0.5, 0.6) is 0 Å². The maximum Gasteiger partial charge on any atom is 0.416 e. The molecule has 0 unspecified atom stereocenters. The van der Waals surface area contributed by atoms with Gasteiger partial charge in [0.05, 0.1) is 5.56 Å². The van der Waals surface area contributed by atoms with Crippen molar-refractivity contribution in [3.8, 4) is 11.1 Å². The van der Waals surface area contributed by atoms with Gasteiger partial charge in [0, 0.05) is 0 Å². The average Bonchev–Trinajstić information content (AvgIpc) is 2.38. The molecule has 2 aromatic rings. The molecule has 0 atom stereocenters. The monoisotopic (exact) mass is 264 g/mol. The quantitative estimate of drug-likeness (QED) is 0.695. The maximum atomic E-state index is 12.5. The molecule has 0 radical (unpaired) electrons. The third kappa shape index (κ3) is 2.98. The number of hydrogen-bond acceptors (Lipinski definition) is 0. The van der Waals surface area contributed by atoms with Gasteiger partial charge in [-0.2, -0.15) is 13.2 Å². The molecule has 2 rings (SSSR count). The minimum atomic E-state index is -4.28. The van der Waals surface area contributed by atoms with E-state index in [-0.39, 0.29) is 0 Å². The molecule has 100 valence electrons. The van der Waals surface area contributed by atoms with Crippen molar-refractivity contribution in [3.63, 3.8) is 0 Å². The Morgan fingerprint density at radius 3 is 1.95 bits per heavy atom. The predicted octanol–water partition coefficient (Wildman–Crippen LogP) is 5.24. The molecular weight excluding hydrogens is 249 g/mol. The molecule has 0 fully saturated rings. The van der Waals surface area contributed by atoms with Crippen LogP contribution in [-0.2, 0) is 12.6 Å². The molecule has 0 saturated carbocycles. The Bertz CT molecular complexity index is 566. The molecule has 0 bridgehead atoms. The fraction of sp³-hybridized carbons (Fsp3) is 0.250. The number of hydrogen-bond donors (Lipinski definition) is 0. The van der Waals surface area contributed by atoms with Gasteiger partial charge in [0.2, 0.25) is 0 Å². The van der Waals surface area contributed by atoms with E-state index in [1.807, 2.05) is 25.1 Å². The molecule has 0 nitrogen and oxygen atoms in total. The van der Waals surface area contributed by atoms with Crippen molar-refractivity contribution in [2.24, 2.45) is 0 Å². The molecule has 2 aromatic carbocycles. The molecule has 0 amide bonds. The Balaban J connectivity index is 2.35. The fourth-order valence-corrected chi connectivity index (χ4v) is 2.12. The third-order valence-corrected chi connectivity index (χ3v) is 3.27. The molecule has 3 heteroatoms. The summed E-state index contributed by atoms with van der Waals surface area (Å²) in [4.78, 5) is 0. The molecular formula is C16H15F3. The summed E-state index contributed by atoms with van der Waals surface area (Å²) in [7, 11) is 0. The first-order valence-corrected chi connectivity index (χ1v) is 6.19. The molecule has 0 aliphatic rings. The van der Waals surface area contributed by atoms with E-state index in [1.54, 1.807) is 0 Å². The van der Waals surface area contributed by atoms with E-state index >= 15 is 0 Å². The number of aryl methyl sites for hydroxylation is 2. The second-order valence-electron chi connectivity index (χ2n) is 4.57. The highest BCUT2D eigenvalue weighted by Gasteiger charge is 2.29. The van der Waals surface area contributed by atoms with E-state index in [1.165, 1.54) is 23.3 Å². The molecule has 0 saturated heterocycles. The highest BCUT2D eigenvalue weighted by atomic mass is 19.4. The molecule has 0 spiro atoms. The summed E-state index contributed by atoms with van der Waals surface area (Å²) >= 11 is 0. The lowest BCUT2D eigenvalue weighted by Crippen LogP contribution is -2.04. The van der Waals surface area contributed by atoms with Gasteiger partial charge >= 0.3 is 6.18 Å². The first-order valence-electron chi connectivity index (χ1n) is 6.19. The summed E-state index contributed by atoms with van der Waals surface area (Å²) in [5.41, 5.74) is 3.57. The van der Waals surface area contributed by atoms with Gasteiger partial charge in [-0.05, 0) is 47.7 Å². The summed E-state index contributed by atoms with van der Waals surface area (Å²) in [5.74, 6) is 0. The SMILES string of the molecule is CCc1ccc(-c2ccc(C(F)(F)F)cc2)cc1C. The smallest absolute Gasteiger partial charge is 0.166 e. The Kier molecular flexibility index (Phi) is 3.65. The first-order chi connectivity index (χ1) is 8.91. The third-order valence-electron chi connectivity index (χ3n) is 3.27. The van der Waals surface area contributed by atoms with Crippen molar-refractivity contribution >= 4 is 0 Å². The van der Waals surface area contributed by atoms with E-state index in [4.69, 9.17) is 0 Å². The molecule has 0 heterocycles. The minimum Gasteiger partial charge on any atom is -0.166 e. The van der Waals surface area contributed by atoms with Crippen LogP contribution in [0.15, 0.2) is 42.5 Å². The minimum absolute atomic E-state index is 0.613. The van der Waals surface area contributed by atoms with Gasteiger partial charge in [0.15, 0.2) is 0 Å². The second-order valence-corrected chi connectivity index (χ2v) is 4.57. The largest absolute Gasteiger partial charge is 0.416 e. The summed E-state index contributed by atoms with van der Waals surface area (Å²) in [6.07, 6.45) is -3.32. The van der Waals surface area contributed by atoms with Gasteiger partial charge in [-0.15, -0.1) is 0 Å². The van der Waals surface area contributed by atoms with Crippen molar-refractivity contribution in [3.05, 3.63) is 59.2 Å². The van der Waals surface area contributed by atoms with Gasteiger partial charge in [-0.1, -0.05) is 37.3 Å². The standard InChI is InChI=1S/C16H15F3/c1-3-12-4-5-14(10-11(12)2)13-6-8-15(9-7-13)16(17,18)19/h4-10H,3H2,1-2H3. The Labute approximate surface area is 110 Å². The van der Waals surface area contributed by atoms with Crippen molar-refractivity contribution in [2.45, 2.75) is 26.4 Å². The lowest BCUT2D eigenvalue weighted by molar-refractivity contribution is -0.137. The van der Waals surface area contributed by atoms with E-state index in [2.05, 4.69) is 6.92 Å². The Morgan fingerprint density at radius 1 is 0.895 bits per heavy atom. The van der Waals surface area contributed by atoms with Gasteiger partial charge in [-0.25, -0.2) is 0 Å². The highest BCUT2D eigenvalue weighted by Crippen LogP contribution is 2.31. The van der Waals surface area contributed by atoms with E-state index in [0.717, 1.165) is 29.7 Å². The first kappa shape index (κ1) is 13.7. The van der Waals surface area contributed by atoms with Crippen molar-refractivity contribution < 1.29 is 13.2 Å². The summed E-state index contributed by atoms with van der Waals surface area (Å²) in [6.45, 7) is 4.10. The molecule has 0 N–H and O–H groups in total. The van der Waals surface area contributed by atoms with Crippen LogP contribution in [0, 0.1) is 6.92 Å². The molecule has 19 heavy (non-hydrogen) atoms. The summed E-state index contributed by atoms with van der Waals surface area (Å²) in [5, 5.41) is 0. The Morgan fingerprint density at radius 2 is 1.47 bits per heavy atom. The van der Waals surface area contributed by atoms with Gasteiger partial charge in [0.25, 0.3) is 0 Å². The lowest BCUT2D eigenvalue weighted by atomic mass is 9.98. The summed E-state index contributed by atoms with van der Waals surface area (Å²) < 4.78 is 37.5. The number of halogens is 3. The van der Waals surface area contributed by atoms with E-state index in [9.17, 15) is 13.2 Å². The van der Waals surface area contributed by atoms with Crippen molar-refractivity contribution in [2.75, 3.05) is 0 Å². The zero-order valence-corrected chi connectivity index (χ0v) is 10.9. The van der Waals surface area contributed by atoms with Crippen LogP contribution >= 0.6 is 0 Å². The van der Waals surface area contributed by atoms with Crippen LogP contribution in [0.25, 0.3) is 11.1 Å². The average molecular weight is 264 g/mol. The van der Waals surface area contributed by atoms with Crippen LogP contribution in [-0.4, -0.2) is 0 Å². The van der Waals surface area contributed by atoms with Crippen LogP contribution in [0.2, 0.25) is 0 Å². The molecule has 0 aliphatic heterocycles. The zero-order valence-electron chi connectivity index (χ0n) is 10.9. The van der Waals surface area contributed by atoms with E-state index in [0.29, 0.717) is 0 Å². The number of benzene rings is 2. The topological polar surface area (TPSA) is 0 Å². The van der Waals surface area contributed by atoms with Gasteiger partial charge in [0.1, 0.15) is 0 Å². The highest BCUT2D eigenvalue weighted by molar-refractivity contribution is 5.65.